The van der Waals surface area contributed by atoms with Crippen molar-refractivity contribution in [1.82, 2.24) is 0 Å². The summed E-state index contributed by atoms with van der Waals surface area (Å²) in [6.07, 6.45) is 18.0. The van der Waals surface area contributed by atoms with Crippen molar-refractivity contribution in [2.45, 2.75) is 63.7 Å². The molecular formula is C20H25. The van der Waals surface area contributed by atoms with Crippen LogP contribution in [0.25, 0.3) is 0 Å². The summed E-state index contributed by atoms with van der Waals surface area (Å²) in [6.45, 7) is 0. The summed E-state index contributed by atoms with van der Waals surface area (Å²) in [7, 11) is 0. The molecule has 20 heavy (non-hydrogen) atoms. The van der Waals surface area contributed by atoms with Crippen molar-refractivity contribution in [2.24, 2.45) is 11.8 Å². The van der Waals surface area contributed by atoms with Gasteiger partial charge in [-0.2, -0.15) is 0 Å². The van der Waals surface area contributed by atoms with Crippen molar-refractivity contribution in [1.29, 1.82) is 0 Å². The molecule has 0 aromatic heterocycles. The number of hydrogen-bond acceptors (Lipinski definition) is 0. The van der Waals surface area contributed by atoms with Crippen molar-refractivity contribution in [3.63, 3.8) is 0 Å². The second-order valence-electron chi connectivity index (χ2n) is 7.09. The molecule has 3 unspecified atom stereocenters. The first-order valence-electron chi connectivity index (χ1n) is 8.54. The van der Waals surface area contributed by atoms with Gasteiger partial charge in [-0.15, -0.1) is 0 Å². The fourth-order valence-corrected chi connectivity index (χ4v) is 4.71. The van der Waals surface area contributed by atoms with Crippen molar-refractivity contribution >= 4 is 0 Å². The Morgan fingerprint density at radius 3 is 3.00 bits per heavy atom. The molecule has 3 aliphatic rings. The Hall–Kier alpha value is -0.780. The van der Waals surface area contributed by atoms with Crippen molar-refractivity contribution in [3.05, 3.63) is 47.7 Å². The standard InChI is InChI=1S/C20H25/c1-3-7-17-13-19(11-9-15(17)5-1)20-12-10-16-6-2-4-8-18(16)14-20/h1,10,12,14-15,17,19H,3-9,11,13H2. The Balaban J connectivity index is 1.52. The Morgan fingerprint density at radius 1 is 1.00 bits per heavy atom. The van der Waals surface area contributed by atoms with Gasteiger partial charge in [0.05, 0.1) is 0 Å². The van der Waals surface area contributed by atoms with Crippen molar-refractivity contribution < 1.29 is 0 Å². The topological polar surface area (TPSA) is 0 Å². The lowest BCUT2D eigenvalue weighted by Gasteiger charge is -2.39. The van der Waals surface area contributed by atoms with Crippen LogP contribution in [0.2, 0.25) is 0 Å². The first-order valence-corrected chi connectivity index (χ1v) is 8.54. The van der Waals surface area contributed by atoms with Crippen LogP contribution in [0.1, 0.15) is 67.6 Å². The summed E-state index contributed by atoms with van der Waals surface area (Å²) in [5.74, 6) is 2.87. The van der Waals surface area contributed by atoms with Crippen molar-refractivity contribution in [3.8, 4) is 0 Å². The Morgan fingerprint density at radius 2 is 2.00 bits per heavy atom. The molecule has 3 aliphatic carbocycles. The Kier molecular flexibility index (Phi) is 3.58. The lowest BCUT2D eigenvalue weighted by Crippen LogP contribution is -2.27. The third-order valence-electron chi connectivity index (χ3n) is 5.94. The molecule has 2 fully saturated rings. The van der Waals surface area contributed by atoms with Gasteiger partial charge in [-0.1, -0.05) is 18.2 Å². The minimum atomic E-state index is 0.842. The zero-order chi connectivity index (χ0) is 13.4. The average molecular weight is 265 g/mol. The molecule has 105 valence electrons. The van der Waals surface area contributed by atoms with Crippen LogP contribution in [-0.4, -0.2) is 0 Å². The molecular weight excluding hydrogens is 240 g/mol. The van der Waals surface area contributed by atoms with E-state index in [1.807, 2.05) is 0 Å². The highest BCUT2D eigenvalue weighted by Crippen LogP contribution is 2.46. The molecule has 3 atom stereocenters. The second kappa shape index (κ2) is 5.54. The number of fused-ring (bicyclic) bond motifs is 2. The van der Waals surface area contributed by atoms with E-state index < -0.39 is 0 Å². The van der Waals surface area contributed by atoms with Crippen LogP contribution in [0.4, 0.5) is 0 Å². The molecule has 1 aromatic rings. The SMILES string of the molecule is [C]1CCc2cc(C3CCC4C[CH]CCC4C3)ccc2C1. The zero-order valence-electron chi connectivity index (χ0n) is 12.4. The molecule has 1 aromatic carbocycles. The van der Waals surface area contributed by atoms with Crippen LogP contribution in [0, 0.1) is 24.7 Å². The monoisotopic (exact) mass is 265 g/mol. The summed E-state index contributed by atoms with van der Waals surface area (Å²) in [6, 6.07) is 7.35. The minimum absolute atomic E-state index is 0.842. The van der Waals surface area contributed by atoms with Crippen LogP contribution in [-0.2, 0) is 12.8 Å². The maximum absolute atomic E-state index is 3.47. The smallest absolute Gasteiger partial charge is 0.0123 e. The van der Waals surface area contributed by atoms with E-state index in [1.165, 1.54) is 50.5 Å². The van der Waals surface area contributed by atoms with Gasteiger partial charge in [-0.3, -0.25) is 0 Å². The summed E-state index contributed by atoms with van der Waals surface area (Å²) < 4.78 is 0. The molecule has 0 nitrogen and oxygen atoms in total. The first kappa shape index (κ1) is 12.9. The lowest BCUT2D eigenvalue weighted by atomic mass is 9.66. The van der Waals surface area contributed by atoms with Crippen LogP contribution < -0.4 is 0 Å². The molecule has 0 amide bonds. The normalized spacial score (nSPS) is 33.3. The number of benzene rings is 1. The molecule has 0 N–H and O–H groups in total. The lowest BCUT2D eigenvalue weighted by molar-refractivity contribution is 0.178. The molecule has 2 saturated carbocycles. The quantitative estimate of drug-likeness (QED) is 0.659. The van der Waals surface area contributed by atoms with Gasteiger partial charge < -0.3 is 0 Å². The van der Waals surface area contributed by atoms with E-state index in [-0.39, 0.29) is 0 Å². The molecule has 3 radical (unpaired) electrons. The number of aryl methyl sites for hydroxylation is 1. The molecule has 0 heteroatoms. The molecule has 0 aliphatic heterocycles. The largest absolute Gasteiger partial charge is 0.0585 e. The van der Waals surface area contributed by atoms with Crippen LogP contribution in [0.15, 0.2) is 18.2 Å². The molecule has 0 bridgehead atoms. The van der Waals surface area contributed by atoms with E-state index in [9.17, 15) is 0 Å². The van der Waals surface area contributed by atoms with Gasteiger partial charge in [0, 0.05) is 0 Å². The summed E-state index contributed by atoms with van der Waals surface area (Å²) in [4.78, 5) is 0. The van der Waals surface area contributed by atoms with E-state index in [0.717, 1.165) is 30.6 Å². The van der Waals surface area contributed by atoms with Gasteiger partial charge in [-0.25, -0.2) is 0 Å². The molecule has 0 heterocycles. The maximum atomic E-state index is 3.47. The number of rotatable bonds is 1. The maximum Gasteiger partial charge on any atom is -0.0123 e. The third kappa shape index (κ3) is 2.43. The summed E-state index contributed by atoms with van der Waals surface area (Å²) in [5.41, 5.74) is 4.78. The fraction of sp³-hybridized carbons (Fsp3) is 0.600. The average Bonchev–Trinajstić information content (AvgIpc) is 2.54. The van der Waals surface area contributed by atoms with Gasteiger partial charge in [0.2, 0.25) is 0 Å². The van der Waals surface area contributed by atoms with Gasteiger partial charge in [0.1, 0.15) is 0 Å². The Bertz CT molecular complexity index is 473. The summed E-state index contributed by atoms with van der Waals surface area (Å²) >= 11 is 0. The van der Waals surface area contributed by atoms with E-state index in [0.29, 0.717) is 0 Å². The van der Waals surface area contributed by atoms with Crippen LogP contribution in [0.3, 0.4) is 0 Å². The predicted molar refractivity (Wildman–Crippen MR) is 83.4 cm³/mol. The van der Waals surface area contributed by atoms with Gasteiger partial charge >= 0.3 is 0 Å². The first-order chi connectivity index (χ1) is 9.90. The van der Waals surface area contributed by atoms with Crippen LogP contribution in [0.5, 0.6) is 0 Å². The van der Waals surface area contributed by atoms with E-state index in [1.54, 1.807) is 11.1 Å². The molecule has 0 saturated heterocycles. The highest BCUT2D eigenvalue weighted by molar-refractivity contribution is 5.37. The highest BCUT2D eigenvalue weighted by atomic mass is 14.4. The predicted octanol–water partition coefficient (Wildman–Crippen LogP) is 5.14. The minimum Gasteiger partial charge on any atom is -0.0585 e. The van der Waals surface area contributed by atoms with Crippen molar-refractivity contribution in [2.75, 3.05) is 0 Å². The molecule has 0 spiro atoms. The van der Waals surface area contributed by atoms with E-state index >= 15 is 0 Å². The zero-order valence-corrected chi connectivity index (χ0v) is 12.4. The van der Waals surface area contributed by atoms with Gasteiger partial charge in [0.15, 0.2) is 0 Å². The second-order valence-corrected chi connectivity index (χ2v) is 7.09. The summed E-state index contributed by atoms with van der Waals surface area (Å²) in [5, 5.41) is 0. The van der Waals surface area contributed by atoms with E-state index in [2.05, 4.69) is 31.0 Å². The highest BCUT2D eigenvalue weighted by Gasteiger charge is 2.32. The van der Waals surface area contributed by atoms with Crippen LogP contribution >= 0.6 is 0 Å². The Labute approximate surface area is 124 Å². The van der Waals surface area contributed by atoms with Gasteiger partial charge in [-0.05, 0) is 105 Å². The molecule has 4 rings (SSSR count). The fourth-order valence-electron chi connectivity index (χ4n) is 4.71. The van der Waals surface area contributed by atoms with Gasteiger partial charge in [0.25, 0.3) is 0 Å². The van der Waals surface area contributed by atoms with E-state index in [4.69, 9.17) is 0 Å². The number of hydrogen-bond donors (Lipinski definition) is 0. The third-order valence-corrected chi connectivity index (χ3v) is 5.94.